The van der Waals surface area contributed by atoms with E-state index in [1.165, 1.54) is 0 Å². The minimum absolute atomic E-state index is 0.103. The maximum atomic E-state index is 12.0. The van der Waals surface area contributed by atoms with Gasteiger partial charge in [-0.2, -0.15) is 0 Å². The first-order valence-electron chi connectivity index (χ1n) is 6.51. The molecule has 1 heterocycles. The molecule has 1 saturated heterocycles. The van der Waals surface area contributed by atoms with E-state index >= 15 is 0 Å². The third-order valence-electron chi connectivity index (χ3n) is 3.14. The van der Waals surface area contributed by atoms with Crippen LogP contribution in [0.4, 0.5) is 0 Å². The summed E-state index contributed by atoms with van der Waals surface area (Å²) in [5.74, 6) is 0.248. The second-order valence-corrected chi connectivity index (χ2v) is 6.10. The Hall–Kier alpha value is -0.610. The Morgan fingerprint density at radius 2 is 2.06 bits per heavy atom. The van der Waals surface area contributed by atoms with Crippen LogP contribution in [0.15, 0.2) is 0 Å². The number of hydrogen-bond acceptors (Lipinski definition) is 3. The predicted octanol–water partition coefficient (Wildman–Crippen LogP) is 0.927. The number of rotatable bonds is 4. The van der Waals surface area contributed by atoms with E-state index in [-0.39, 0.29) is 17.5 Å². The molecule has 1 aliphatic rings. The SMILES string of the molecule is CN(C)C(=O)C1CCCN1CCNC(C)(C)C. The van der Waals surface area contributed by atoms with E-state index in [2.05, 4.69) is 31.0 Å². The van der Waals surface area contributed by atoms with Crippen LogP contribution in [0, 0.1) is 0 Å². The summed E-state index contributed by atoms with van der Waals surface area (Å²) in [5, 5.41) is 3.47. The fourth-order valence-corrected chi connectivity index (χ4v) is 2.25. The summed E-state index contributed by atoms with van der Waals surface area (Å²) in [5.41, 5.74) is 0.154. The highest BCUT2D eigenvalue weighted by molar-refractivity contribution is 5.81. The molecule has 4 nitrogen and oxygen atoms in total. The molecule has 4 heteroatoms. The Kier molecular flexibility index (Phi) is 4.95. The molecular formula is C13H27N3O. The van der Waals surface area contributed by atoms with Crippen molar-refractivity contribution in [2.45, 2.75) is 45.2 Å². The van der Waals surface area contributed by atoms with Crippen LogP contribution in [0.5, 0.6) is 0 Å². The summed E-state index contributed by atoms with van der Waals surface area (Å²) >= 11 is 0. The van der Waals surface area contributed by atoms with Crippen LogP contribution in [-0.2, 0) is 4.79 Å². The van der Waals surface area contributed by atoms with Gasteiger partial charge in [0, 0.05) is 32.7 Å². The van der Waals surface area contributed by atoms with Gasteiger partial charge in [-0.25, -0.2) is 0 Å². The summed E-state index contributed by atoms with van der Waals surface area (Å²) in [6.07, 6.45) is 2.15. The molecule has 1 N–H and O–H groups in total. The Labute approximate surface area is 105 Å². The van der Waals surface area contributed by atoms with Crippen molar-refractivity contribution in [3.63, 3.8) is 0 Å². The van der Waals surface area contributed by atoms with Crippen LogP contribution in [-0.4, -0.2) is 61.0 Å². The molecular weight excluding hydrogens is 214 g/mol. The lowest BCUT2D eigenvalue weighted by atomic mass is 10.1. The lowest BCUT2D eigenvalue weighted by molar-refractivity contribution is -0.133. The van der Waals surface area contributed by atoms with Gasteiger partial charge in [-0.3, -0.25) is 9.69 Å². The molecule has 0 spiro atoms. The molecule has 0 radical (unpaired) electrons. The van der Waals surface area contributed by atoms with Gasteiger partial charge in [0.05, 0.1) is 6.04 Å². The van der Waals surface area contributed by atoms with Crippen molar-refractivity contribution in [3.8, 4) is 0 Å². The highest BCUT2D eigenvalue weighted by atomic mass is 16.2. The number of hydrogen-bond donors (Lipinski definition) is 1. The van der Waals surface area contributed by atoms with Gasteiger partial charge in [-0.15, -0.1) is 0 Å². The van der Waals surface area contributed by atoms with Crippen LogP contribution in [0.25, 0.3) is 0 Å². The van der Waals surface area contributed by atoms with Crippen molar-refractivity contribution in [1.29, 1.82) is 0 Å². The smallest absolute Gasteiger partial charge is 0.239 e. The monoisotopic (exact) mass is 241 g/mol. The van der Waals surface area contributed by atoms with E-state index in [0.29, 0.717) is 0 Å². The van der Waals surface area contributed by atoms with Gasteiger partial charge < -0.3 is 10.2 Å². The molecule has 100 valence electrons. The number of likely N-dealkylation sites (N-methyl/N-ethyl adjacent to an activating group) is 1. The van der Waals surface area contributed by atoms with Gasteiger partial charge >= 0.3 is 0 Å². The molecule has 0 aromatic rings. The van der Waals surface area contributed by atoms with Crippen LogP contribution >= 0.6 is 0 Å². The minimum atomic E-state index is 0.103. The number of nitrogens with one attached hydrogen (secondary N) is 1. The first kappa shape index (κ1) is 14.5. The van der Waals surface area contributed by atoms with Gasteiger partial charge in [-0.05, 0) is 40.2 Å². The molecule has 1 fully saturated rings. The summed E-state index contributed by atoms with van der Waals surface area (Å²) in [6, 6.07) is 0.103. The quantitative estimate of drug-likeness (QED) is 0.795. The topological polar surface area (TPSA) is 35.6 Å². The standard InChI is InChI=1S/C13H27N3O/c1-13(2,3)14-8-10-16-9-6-7-11(16)12(17)15(4)5/h11,14H,6-10H2,1-5H3. The van der Waals surface area contributed by atoms with E-state index < -0.39 is 0 Å². The zero-order valence-corrected chi connectivity index (χ0v) is 11.9. The molecule has 1 atom stereocenters. The van der Waals surface area contributed by atoms with Gasteiger partial charge in [-0.1, -0.05) is 0 Å². The highest BCUT2D eigenvalue weighted by Crippen LogP contribution is 2.18. The molecule has 1 rings (SSSR count). The molecule has 17 heavy (non-hydrogen) atoms. The summed E-state index contributed by atoms with van der Waals surface area (Å²) in [4.78, 5) is 16.0. The molecule has 1 amide bonds. The van der Waals surface area contributed by atoms with Crippen molar-refractivity contribution in [1.82, 2.24) is 15.1 Å². The van der Waals surface area contributed by atoms with Crippen molar-refractivity contribution in [2.24, 2.45) is 0 Å². The van der Waals surface area contributed by atoms with E-state index in [0.717, 1.165) is 32.5 Å². The molecule has 0 aliphatic carbocycles. The van der Waals surface area contributed by atoms with Gasteiger partial charge in [0.1, 0.15) is 0 Å². The third kappa shape index (κ3) is 4.64. The predicted molar refractivity (Wildman–Crippen MR) is 71.0 cm³/mol. The molecule has 0 bridgehead atoms. The Morgan fingerprint density at radius 1 is 1.41 bits per heavy atom. The van der Waals surface area contributed by atoms with Gasteiger partial charge in [0.15, 0.2) is 0 Å². The van der Waals surface area contributed by atoms with E-state index in [1.54, 1.807) is 4.90 Å². The van der Waals surface area contributed by atoms with E-state index in [9.17, 15) is 4.79 Å². The number of nitrogens with zero attached hydrogens (tertiary/aromatic N) is 2. The molecule has 1 unspecified atom stereocenters. The Balaban J connectivity index is 2.39. The summed E-state index contributed by atoms with van der Waals surface area (Å²) in [6.45, 7) is 9.45. The van der Waals surface area contributed by atoms with E-state index in [1.807, 2.05) is 14.1 Å². The molecule has 0 saturated carbocycles. The van der Waals surface area contributed by atoms with E-state index in [4.69, 9.17) is 0 Å². The van der Waals surface area contributed by atoms with Crippen molar-refractivity contribution in [3.05, 3.63) is 0 Å². The number of carbonyl (C=O) groups is 1. The van der Waals surface area contributed by atoms with Crippen molar-refractivity contribution >= 4 is 5.91 Å². The second-order valence-electron chi connectivity index (χ2n) is 6.10. The third-order valence-corrected chi connectivity index (χ3v) is 3.14. The van der Waals surface area contributed by atoms with Crippen LogP contribution in [0.2, 0.25) is 0 Å². The molecule has 1 aliphatic heterocycles. The van der Waals surface area contributed by atoms with Crippen molar-refractivity contribution in [2.75, 3.05) is 33.7 Å². The summed E-state index contributed by atoms with van der Waals surface area (Å²) in [7, 11) is 3.68. The maximum Gasteiger partial charge on any atom is 0.239 e. The average molecular weight is 241 g/mol. The van der Waals surface area contributed by atoms with Crippen LogP contribution in [0.1, 0.15) is 33.6 Å². The first-order chi connectivity index (χ1) is 7.81. The largest absolute Gasteiger partial charge is 0.347 e. The second kappa shape index (κ2) is 5.83. The average Bonchev–Trinajstić information content (AvgIpc) is 2.62. The summed E-state index contributed by atoms with van der Waals surface area (Å²) < 4.78 is 0. The fourth-order valence-electron chi connectivity index (χ4n) is 2.25. The highest BCUT2D eigenvalue weighted by Gasteiger charge is 2.31. The van der Waals surface area contributed by atoms with Crippen LogP contribution < -0.4 is 5.32 Å². The van der Waals surface area contributed by atoms with Gasteiger partial charge in [0.25, 0.3) is 0 Å². The van der Waals surface area contributed by atoms with Gasteiger partial charge in [0.2, 0.25) is 5.91 Å². The first-order valence-corrected chi connectivity index (χ1v) is 6.51. The van der Waals surface area contributed by atoms with Crippen LogP contribution in [0.3, 0.4) is 0 Å². The number of carbonyl (C=O) groups excluding carboxylic acids is 1. The van der Waals surface area contributed by atoms with Crippen molar-refractivity contribution < 1.29 is 4.79 Å². The normalized spacial score (nSPS) is 21.8. The Morgan fingerprint density at radius 3 is 2.59 bits per heavy atom. The number of likely N-dealkylation sites (tertiary alicyclic amines) is 1. The minimum Gasteiger partial charge on any atom is -0.347 e. The maximum absolute atomic E-state index is 12.0. The lowest BCUT2D eigenvalue weighted by Gasteiger charge is -2.28. The fraction of sp³-hybridized carbons (Fsp3) is 0.923. The zero-order chi connectivity index (χ0) is 13.1. The zero-order valence-electron chi connectivity index (χ0n) is 11.9. The lowest BCUT2D eigenvalue weighted by Crippen LogP contribution is -2.47. The number of amides is 1. The molecule has 0 aromatic heterocycles. The Bertz CT molecular complexity index is 258. The molecule has 0 aromatic carbocycles.